The van der Waals surface area contributed by atoms with Crippen molar-refractivity contribution in [3.05, 3.63) is 28.9 Å². The van der Waals surface area contributed by atoms with Crippen molar-refractivity contribution in [3.63, 3.8) is 0 Å². The minimum absolute atomic E-state index is 0.495. The fraction of sp³-hybridized carbons (Fsp3) is 0.0833. The SMILES string of the molecule is C#Cc1csc2cncc(C(C#N)NC=O)c12. The van der Waals surface area contributed by atoms with Gasteiger partial charge in [0.25, 0.3) is 0 Å². The molecule has 0 saturated carbocycles. The number of nitriles is 1. The van der Waals surface area contributed by atoms with Crippen molar-refractivity contribution >= 4 is 27.8 Å². The van der Waals surface area contributed by atoms with Crippen LogP contribution in [0.3, 0.4) is 0 Å². The minimum Gasteiger partial charge on any atom is -0.339 e. The minimum atomic E-state index is -0.731. The topological polar surface area (TPSA) is 65.8 Å². The van der Waals surface area contributed by atoms with Gasteiger partial charge in [0.1, 0.15) is 6.04 Å². The fourth-order valence-electron chi connectivity index (χ4n) is 1.61. The molecule has 0 aromatic carbocycles. The van der Waals surface area contributed by atoms with Crippen LogP contribution in [-0.2, 0) is 4.79 Å². The van der Waals surface area contributed by atoms with E-state index in [9.17, 15) is 4.79 Å². The standard InChI is InChI=1S/C12H7N3OS/c1-2-8-6-17-11-5-14-4-9(12(8)11)10(3-13)15-7-16/h1,4-7,10H,(H,15,16). The van der Waals surface area contributed by atoms with Crippen molar-refractivity contribution in [2.24, 2.45) is 0 Å². The summed E-state index contributed by atoms with van der Waals surface area (Å²) in [6.45, 7) is 0. The molecule has 0 radical (unpaired) electrons. The predicted octanol–water partition coefficient (Wildman–Crippen LogP) is 1.59. The summed E-state index contributed by atoms with van der Waals surface area (Å²) >= 11 is 1.47. The Balaban J connectivity index is 2.69. The van der Waals surface area contributed by atoms with Gasteiger partial charge in [0.2, 0.25) is 6.41 Å². The van der Waals surface area contributed by atoms with Crippen molar-refractivity contribution in [3.8, 4) is 18.4 Å². The Bertz CT molecular complexity index is 648. The second-order valence-electron chi connectivity index (χ2n) is 3.24. The largest absolute Gasteiger partial charge is 0.339 e. The van der Waals surface area contributed by atoms with Crippen molar-refractivity contribution in [1.29, 1.82) is 5.26 Å². The number of hydrogen-bond acceptors (Lipinski definition) is 4. The predicted molar refractivity (Wildman–Crippen MR) is 65.1 cm³/mol. The number of thiophene rings is 1. The van der Waals surface area contributed by atoms with Crippen molar-refractivity contribution in [1.82, 2.24) is 10.3 Å². The summed E-state index contributed by atoms with van der Waals surface area (Å²) in [5.41, 5.74) is 1.35. The molecule has 0 aliphatic rings. The number of hydrogen-bond donors (Lipinski definition) is 1. The first-order chi connectivity index (χ1) is 8.31. The number of aromatic nitrogens is 1. The third kappa shape index (κ3) is 1.84. The molecule has 2 aromatic rings. The molecule has 0 aliphatic carbocycles. The summed E-state index contributed by atoms with van der Waals surface area (Å²) in [6, 6.07) is 1.28. The maximum Gasteiger partial charge on any atom is 0.208 e. The lowest BCUT2D eigenvalue weighted by Gasteiger charge is -2.09. The van der Waals surface area contributed by atoms with Crippen molar-refractivity contribution in [2.75, 3.05) is 0 Å². The molecule has 2 heterocycles. The molecule has 0 aliphatic heterocycles. The molecule has 17 heavy (non-hydrogen) atoms. The first kappa shape index (κ1) is 11.1. The number of carbonyl (C=O) groups excluding carboxylic acids is 1. The molecule has 4 nitrogen and oxygen atoms in total. The van der Waals surface area contributed by atoms with E-state index >= 15 is 0 Å². The van der Waals surface area contributed by atoms with E-state index in [0.29, 0.717) is 12.0 Å². The van der Waals surface area contributed by atoms with Gasteiger partial charge in [0.15, 0.2) is 0 Å². The molecule has 0 bridgehead atoms. The zero-order valence-electron chi connectivity index (χ0n) is 8.68. The highest BCUT2D eigenvalue weighted by Gasteiger charge is 2.16. The molecule has 0 spiro atoms. The lowest BCUT2D eigenvalue weighted by Crippen LogP contribution is -2.18. The third-order valence-electron chi connectivity index (χ3n) is 2.34. The highest BCUT2D eigenvalue weighted by molar-refractivity contribution is 7.17. The molecule has 0 saturated heterocycles. The lowest BCUT2D eigenvalue weighted by atomic mass is 10.0. The molecule has 2 rings (SSSR count). The zero-order valence-corrected chi connectivity index (χ0v) is 9.49. The number of amides is 1. The number of nitrogens with zero attached hydrogens (tertiary/aromatic N) is 2. The van der Waals surface area contributed by atoms with Crippen LogP contribution >= 0.6 is 11.3 Å². The third-order valence-corrected chi connectivity index (χ3v) is 3.26. The van der Waals surface area contributed by atoms with Crippen LogP contribution < -0.4 is 5.32 Å². The summed E-state index contributed by atoms with van der Waals surface area (Å²) in [6.07, 6.45) is 9.15. The van der Waals surface area contributed by atoms with E-state index in [1.54, 1.807) is 12.4 Å². The Morgan fingerprint density at radius 2 is 2.41 bits per heavy atom. The van der Waals surface area contributed by atoms with Gasteiger partial charge in [-0.15, -0.1) is 17.8 Å². The lowest BCUT2D eigenvalue weighted by molar-refractivity contribution is -0.109. The zero-order chi connectivity index (χ0) is 12.3. The van der Waals surface area contributed by atoms with Crippen LogP contribution in [0.15, 0.2) is 17.8 Å². The second-order valence-corrected chi connectivity index (χ2v) is 4.15. The van der Waals surface area contributed by atoms with Gasteiger partial charge < -0.3 is 5.32 Å². The Morgan fingerprint density at radius 3 is 3.06 bits per heavy atom. The molecule has 1 amide bonds. The summed E-state index contributed by atoms with van der Waals surface area (Å²) in [7, 11) is 0. The van der Waals surface area contributed by atoms with Crippen molar-refractivity contribution in [2.45, 2.75) is 6.04 Å². The van der Waals surface area contributed by atoms with Crippen LogP contribution in [0.1, 0.15) is 17.2 Å². The monoisotopic (exact) mass is 241 g/mol. The van der Waals surface area contributed by atoms with Crippen LogP contribution in [0.4, 0.5) is 0 Å². The van der Waals surface area contributed by atoms with Crippen LogP contribution in [0, 0.1) is 23.7 Å². The van der Waals surface area contributed by atoms with E-state index in [0.717, 1.165) is 15.6 Å². The summed E-state index contributed by atoms with van der Waals surface area (Å²) in [4.78, 5) is 14.5. The van der Waals surface area contributed by atoms with E-state index in [2.05, 4.69) is 16.2 Å². The maximum absolute atomic E-state index is 10.5. The number of fused-ring (bicyclic) bond motifs is 1. The number of nitrogens with one attached hydrogen (secondary N) is 1. The highest BCUT2D eigenvalue weighted by atomic mass is 32.1. The quantitative estimate of drug-likeness (QED) is 0.655. The van der Waals surface area contributed by atoms with Gasteiger partial charge in [-0.1, -0.05) is 5.92 Å². The molecular formula is C12H7N3OS. The molecule has 1 unspecified atom stereocenters. The van der Waals surface area contributed by atoms with E-state index in [4.69, 9.17) is 11.7 Å². The maximum atomic E-state index is 10.5. The molecule has 82 valence electrons. The van der Waals surface area contributed by atoms with Gasteiger partial charge >= 0.3 is 0 Å². The van der Waals surface area contributed by atoms with E-state index < -0.39 is 6.04 Å². The first-order valence-electron chi connectivity index (χ1n) is 4.72. The van der Waals surface area contributed by atoms with Crippen molar-refractivity contribution < 1.29 is 4.79 Å². The number of terminal acetylenes is 1. The molecular weight excluding hydrogens is 234 g/mol. The number of carbonyl (C=O) groups is 1. The highest BCUT2D eigenvalue weighted by Crippen LogP contribution is 2.30. The smallest absolute Gasteiger partial charge is 0.208 e. The molecule has 1 N–H and O–H groups in total. The fourth-order valence-corrected chi connectivity index (χ4v) is 2.50. The van der Waals surface area contributed by atoms with Gasteiger partial charge in [0.05, 0.1) is 10.8 Å². The Labute approximate surface area is 102 Å². The van der Waals surface area contributed by atoms with Gasteiger partial charge in [-0.2, -0.15) is 5.26 Å². The van der Waals surface area contributed by atoms with E-state index in [1.165, 1.54) is 11.3 Å². The number of pyridine rings is 1. The van der Waals surface area contributed by atoms with Gasteiger partial charge in [-0.25, -0.2) is 0 Å². The Kier molecular flexibility index (Phi) is 3.04. The summed E-state index contributed by atoms with van der Waals surface area (Å²) < 4.78 is 0.906. The van der Waals surface area contributed by atoms with Gasteiger partial charge in [-0.3, -0.25) is 9.78 Å². The molecule has 5 heteroatoms. The second kappa shape index (κ2) is 4.65. The van der Waals surface area contributed by atoms with E-state index in [-0.39, 0.29) is 0 Å². The Hall–Kier alpha value is -2.37. The van der Waals surface area contributed by atoms with Crippen LogP contribution in [0.2, 0.25) is 0 Å². The average Bonchev–Trinajstić information content (AvgIpc) is 2.79. The molecule has 1 atom stereocenters. The first-order valence-corrected chi connectivity index (χ1v) is 5.60. The average molecular weight is 241 g/mol. The van der Waals surface area contributed by atoms with Gasteiger partial charge in [-0.05, 0) is 0 Å². The number of rotatable bonds is 3. The van der Waals surface area contributed by atoms with Crippen LogP contribution in [0.25, 0.3) is 10.1 Å². The molecule has 2 aromatic heterocycles. The normalized spacial score (nSPS) is 11.4. The van der Waals surface area contributed by atoms with Crippen LogP contribution in [-0.4, -0.2) is 11.4 Å². The summed E-state index contributed by atoms with van der Waals surface area (Å²) in [5.74, 6) is 2.57. The van der Waals surface area contributed by atoms with Gasteiger partial charge in [0, 0.05) is 34.3 Å². The summed E-state index contributed by atoms with van der Waals surface area (Å²) in [5, 5.41) is 14.1. The van der Waals surface area contributed by atoms with Crippen LogP contribution in [0.5, 0.6) is 0 Å². The molecule has 0 fully saturated rings. The Morgan fingerprint density at radius 1 is 1.59 bits per heavy atom. The van der Waals surface area contributed by atoms with E-state index in [1.807, 2.05) is 11.4 Å².